The van der Waals surface area contributed by atoms with Crippen LogP contribution in [0.3, 0.4) is 0 Å². The number of aliphatic hydroxyl groups excluding tert-OH is 2. The zero-order chi connectivity index (χ0) is 15.1. The summed E-state index contributed by atoms with van der Waals surface area (Å²) in [4.78, 5) is 11.2. The molecule has 0 saturated carbocycles. The molecular formula is C13H16F2O5. The number of carbonyl (C=O) groups excluding carboxylic acids is 1. The number of benzene rings is 1. The Morgan fingerprint density at radius 3 is 2.55 bits per heavy atom. The quantitative estimate of drug-likeness (QED) is 0.747. The highest BCUT2D eigenvalue weighted by molar-refractivity contribution is 5.70. The fourth-order valence-electron chi connectivity index (χ4n) is 1.64. The van der Waals surface area contributed by atoms with Gasteiger partial charge in [0.2, 0.25) is 0 Å². The van der Waals surface area contributed by atoms with Gasteiger partial charge < -0.3 is 19.7 Å². The fraction of sp³-hybridized carbons (Fsp3) is 0.462. The molecule has 0 aliphatic rings. The van der Waals surface area contributed by atoms with Crippen molar-refractivity contribution in [2.75, 3.05) is 6.61 Å². The van der Waals surface area contributed by atoms with Crippen LogP contribution < -0.4 is 4.74 Å². The second-order valence-corrected chi connectivity index (χ2v) is 3.94. The van der Waals surface area contributed by atoms with Gasteiger partial charge in [-0.2, -0.15) is 8.78 Å². The highest BCUT2D eigenvalue weighted by Crippen LogP contribution is 2.29. The number of para-hydroxylation sites is 1. The number of rotatable bonds is 7. The molecule has 1 rings (SSSR count). The second kappa shape index (κ2) is 7.76. The lowest BCUT2D eigenvalue weighted by Gasteiger charge is -2.20. The minimum Gasteiger partial charge on any atom is -0.466 e. The van der Waals surface area contributed by atoms with Crippen LogP contribution in [0.4, 0.5) is 8.78 Å². The Labute approximate surface area is 114 Å². The molecule has 112 valence electrons. The highest BCUT2D eigenvalue weighted by atomic mass is 19.3. The van der Waals surface area contributed by atoms with Crippen molar-refractivity contribution in [1.82, 2.24) is 0 Å². The molecule has 2 unspecified atom stereocenters. The number of aliphatic hydroxyl groups is 2. The van der Waals surface area contributed by atoms with Gasteiger partial charge in [-0.1, -0.05) is 18.2 Å². The first-order chi connectivity index (χ1) is 9.45. The first-order valence-corrected chi connectivity index (χ1v) is 6.01. The monoisotopic (exact) mass is 290 g/mol. The minimum atomic E-state index is -3.05. The topological polar surface area (TPSA) is 76.0 Å². The molecule has 7 heteroatoms. The SMILES string of the molecule is CCOC(=O)CC(O)C(O)c1ccccc1OC(F)F. The van der Waals surface area contributed by atoms with Crippen LogP contribution in [0, 0.1) is 0 Å². The third kappa shape index (κ3) is 4.75. The zero-order valence-corrected chi connectivity index (χ0v) is 10.8. The van der Waals surface area contributed by atoms with Gasteiger partial charge in [0, 0.05) is 5.56 Å². The van der Waals surface area contributed by atoms with Crippen molar-refractivity contribution in [3.05, 3.63) is 29.8 Å². The van der Waals surface area contributed by atoms with Gasteiger partial charge in [0.25, 0.3) is 0 Å². The van der Waals surface area contributed by atoms with Crippen molar-refractivity contribution in [1.29, 1.82) is 0 Å². The normalized spacial score (nSPS) is 13.9. The summed E-state index contributed by atoms with van der Waals surface area (Å²) in [6.45, 7) is -1.30. The van der Waals surface area contributed by atoms with E-state index >= 15 is 0 Å². The standard InChI is InChI=1S/C13H16F2O5/c1-2-19-11(17)7-9(16)12(18)8-5-3-4-6-10(8)20-13(14)15/h3-6,9,12-13,16,18H,2,7H2,1H3. The van der Waals surface area contributed by atoms with E-state index < -0.39 is 31.2 Å². The molecule has 0 aromatic heterocycles. The molecule has 2 N–H and O–H groups in total. The highest BCUT2D eigenvalue weighted by Gasteiger charge is 2.25. The van der Waals surface area contributed by atoms with Crippen LogP contribution in [0.5, 0.6) is 5.75 Å². The molecule has 1 aromatic rings. The van der Waals surface area contributed by atoms with Crippen molar-refractivity contribution in [3.8, 4) is 5.75 Å². The molecule has 0 bridgehead atoms. The predicted octanol–water partition coefficient (Wildman–Crippen LogP) is 1.64. The molecule has 0 amide bonds. The van der Waals surface area contributed by atoms with E-state index in [-0.39, 0.29) is 17.9 Å². The Morgan fingerprint density at radius 1 is 1.30 bits per heavy atom. The Bertz CT molecular complexity index is 439. The maximum absolute atomic E-state index is 12.2. The Hall–Kier alpha value is -1.73. The fourth-order valence-corrected chi connectivity index (χ4v) is 1.64. The molecule has 0 saturated heterocycles. The minimum absolute atomic E-state index is 0.0235. The molecular weight excluding hydrogens is 274 g/mol. The van der Waals surface area contributed by atoms with E-state index in [1.54, 1.807) is 6.92 Å². The average molecular weight is 290 g/mol. The molecule has 0 radical (unpaired) electrons. The largest absolute Gasteiger partial charge is 0.466 e. The number of esters is 1. The van der Waals surface area contributed by atoms with E-state index in [0.717, 1.165) is 0 Å². The number of hydrogen-bond donors (Lipinski definition) is 2. The number of ether oxygens (including phenoxy) is 2. The van der Waals surface area contributed by atoms with E-state index in [0.29, 0.717) is 0 Å². The molecule has 5 nitrogen and oxygen atoms in total. The summed E-state index contributed by atoms with van der Waals surface area (Å²) < 4.78 is 33.4. The second-order valence-electron chi connectivity index (χ2n) is 3.94. The van der Waals surface area contributed by atoms with Crippen molar-refractivity contribution in [2.45, 2.75) is 32.2 Å². The van der Waals surface area contributed by atoms with Crippen LogP contribution in [0.15, 0.2) is 24.3 Å². The van der Waals surface area contributed by atoms with Gasteiger partial charge in [-0.3, -0.25) is 4.79 Å². The third-order valence-corrected chi connectivity index (χ3v) is 2.50. The van der Waals surface area contributed by atoms with Gasteiger partial charge in [0.05, 0.1) is 19.1 Å². The maximum atomic E-state index is 12.2. The van der Waals surface area contributed by atoms with Crippen LogP contribution >= 0.6 is 0 Å². The Morgan fingerprint density at radius 2 is 1.95 bits per heavy atom. The molecule has 20 heavy (non-hydrogen) atoms. The Kier molecular flexibility index (Phi) is 6.33. The van der Waals surface area contributed by atoms with E-state index in [2.05, 4.69) is 9.47 Å². The zero-order valence-electron chi connectivity index (χ0n) is 10.8. The van der Waals surface area contributed by atoms with Crippen LogP contribution in [0.25, 0.3) is 0 Å². The van der Waals surface area contributed by atoms with Gasteiger partial charge in [-0.05, 0) is 13.0 Å². The number of halogens is 2. The van der Waals surface area contributed by atoms with E-state index in [4.69, 9.17) is 0 Å². The molecule has 0 fully saturated rings. The predicted molar refractivity (Wildman–Crippen MR) is 65.3 cm³/mol. The summed E-state index contributed by atoms with van der Waals surface area (Å²) in [6.07, 6.45) is -3.45. The summed E-state index contributed by atoms with van der Waals surface area (Å²) >= 11 is 0. The number of hydrogen-bond acceptors (Lipinski definition) is 5. The van der Waals surface area contributed by atoms with Crippen LogP contribution in [-0.4, -0.2) is 35.5 Å². The molecule has 2 atom stereocenters. The molecule has 0 aliphatic carbocycles. The lowest BCUT2D eigenvalue weighted by molar-refractivity contribution is -0.147. The lowest BCUT2D eigenvalue weighted by Crippen LogP contribution is -2.23. The van der Waals surface area contributed by atoms with Crippen molar-refractivity contribution in [2.24, 2.45) is 0 Å². The summed E-state index contributed by atoms with van der Waals surface area (Å²) in [6, 6.07) is 5.51. The first kappa shape index (κ1) is 16.3. The Balaban J connectivity index is 2.80. The number of alkyl halides is 2. The van der Waals surface area contributed by atoms with Gasteiger partial charge in [0.15, 0.2) is 0 Å². The smallest absolute Gasteiger partial charge is 0.387 e. The average Bonchev–Trinajstić information content (AvgIpc) is 2.38. The lowest BCUT2D eigenvalue weighted by atomic mass is 10.0. The maximum Gasteiger partial charge on any atom is 0.387 e. The molecule has 1 aromatic carbocycles. The van der Waals surface area contributed by atoms with Gasteiger partial charge >= 0.3 is 12.6 Å². The molecule has 0 spiro atoms. The first-order valence-electron chi connectivity index (χ1n) is 6.01. The summed E-state index contributed by atoms with van der Waals surface area (Å²) in [5.41, 5.74) is -0.0235. The summed E-state index contributed by atoms with van der Waals surface area (Å²) in [5.74, 6) is -0.941. The summed E-state index contributed by atoms with van der Waals surface area (Å²) in [5, 5.41) is 19.7. The van der Waals surface area contributed by atoms with Gasteiger partial charge in [0.1, 0.15) is 11.9 Å². The van der Waals surface area contributed by atoms with E-state index in [9.17, 15) is 23.8 Å². The van der Waals surface area contributed by atoms with Crippen LogP contribution in [0.2, 0.25) is 0 Å². The molecule has 0 heterocycles. The third-order valence-electron chi connectivity index (χ3n) is 2.50. The van der Waals surface area contributed by atoms with Gasteiger partial charge in [-0.25, -0.2) is 0 Å². The number of carbonyl (C=O) groups is 1. The van der Waals surface area contributed by atoms with Crippen molar-refractivity contribution < 1.29 is 33.3 Å². The van der Waals surface area contributed by atoms with Crippen molar-refractivity contribution in [3.63, 3.8) is 0 Å². The van der Waals surface area contributed by atoms with E-state index in [1.165, 1.54) is 24.3 Å². The molecule has 0 aliphatic heterocycles. The van der Waals surface area contributed by atoms with Crippen LogP contribution in [-0.2, 0) is 9.53 Å². The van der Waals surface area contributed by atoms with Crippen LogP contribution in [0.1, 0.15) is 25.0 Å². The van der Waals surface area contributed by atoms with Crippen molar-refractivity contribution >= 4 is 5.97 Å². The van der Waals surface area contributed by atoms with E-state index in [1.807, 2.05) is 0 Å². The van der Waals surface area contributed by atoms with Gasteiger partial charge in [-0.15, -0.1) is 0 Å². The summed E-state index contributed by atoms with van der Waals surface area (Å²) in [7, 11) is 0.